The van der Waals surface area contributed by atoms with Crippen LogP contribution in [-0.2, 0) is 16.1 Å². The number of nitrogens with zero attached hydrogens (tertiary/aromatic N) is 1. The number of carbonyl (C=O) groups excluding carboxylic acids is 2. The predicted molar refractivity (Wildman–Crippen MR) is 82.8 cm³/mol. The smallest absolute Gasteiger partial charge is 0.246 e. The lowest BCUT2D eigenvalue weighted by atomic mass is 9.93. The Morgan fingerprint density at radius 2 is 1.71 bits per heavy atom. The second-order valence-electron chi connectivity index (χ2n) is 6.41. The van der Waals surface area contributed by atoms with Crippen LogP contribution in [0.25, 0.3) is 0 Å². The standard InChI is InChI=1S/C17H24N2O2/c1-6-14-15(20)19(17(4,5)16(21)18-14)10-13-8-11(2)7-12(3)9-13/h7-9,14H,6,10H2,1-5H3,(H,18,21). The van der Waals surface area contributed by atoms with E-state index in [0.29, 0.717) is 13.0 Å². The van der Waals surface area contributed by atoms with Gasteiger partial charge in [-0.15, -0.1) is 0 Å². The van der Waals surface area contributed by atoms with Crippen LogP contribution in [0, 0.1) is 13.8 Å². The molecule has 114 valence electrons. The number of rotatable bonds is 3. The van der Waals surface area contributed by atoms with Crippen molar-refractivity contribution in [2.24, 2.45) is 0 Å². The summed E-state index contributed by atoms with van der Waals surface area (Å²) in [6.45, 7) is 10.1. The first-order chi connectivity index (χ1) is 9.75. The summed E-state index contributed by atoms with van der Waals surface area (Å²) in [5.74, 6) is -0.0837. The van der Waals surface area contributed by atoms with E-state index in [-0.39, 0.29) is 11.8 Å². The fraction of sp³-hybridized carbons (Fsp3) is 0.529. The van der Waals surface area contributed by atoms with E-state index in [0.717, 1.165) is 5.56 Å². The van der Waals surface area contributed by atoms with Gasteiger partial charge in [-0.25, -0.2) is 0 Å². The van der Waals surface area contributed by atoms with E-state index in [1.54, 1.807) is 18.7 Å². The third kappa shape index (κ3) is 2.94. The molecule has 1 aliphatic rings. The van der Waals surface area contributed by atoms with Gasteiger partial charge in [0.25, 0.3) is 0 Å². The fourth-order valence-corrected chi connectivity index (χ4v) is 2.88. The molecule has 2 amide bonds. The monoisotopic (exact) mass is 288 g/mol. The van der Waals surface area contributed by atoms with Crippen molar-refractivity contribution in [3.63, 3.8) is 0 Å². The molecule has 1 aromatic rings. The summed E-state index contributed by atoms with van der Waals surface area (Å²) in [5, 5.41) is 2.81. The molecule has 1 unspecified atom stereocenters. The van der Waals surface area contributed by atoms with Gasteiger partial charge >= 0.3 is 0 Å². The van der Waals surface area contributed by atoms with Crippen molar-refractivity contribution in [3.05, 3.63) is 34.9 Å². The zero-order valence-electron chi connectivity index (χ0n) is 13.5. The Kier molecular flexibility index (Phi) is 4.08. The van der Waals surface area contributed by atoms with Crippen LogP contribution < -0.4 is 5.32 Å². The first kappa shape index (κ1) is 15.5. The molecule has 0 spiro atoms. The molecule has 1 aliphatic heterocycles. The van der Waals surface area contributed by atoms with Crippen LogP contribution in [0.1, 0.15) is 43.9 Å². The minimum atomic E-state index is -0.819. The molecule has 4 nitrogen and oxygen atoms in total. The lowest BCUT2D eigenvalue weighted by Gasteiger charge is -2.44. The van der Waals surface area contributed by atoms with E-state index in [1.165, 1.54) is 11.1 Å². The van der Waals surface area contributed by atoms with Crippen molar-refractivity contribution in [2.75, 3.05) is 0 Å². The minimum Gasteiger partial charge on any atom is -0.342 e. The van der Waals surface area contributed by atoms with E-state index in [2.05, 4.69) is 23.5 Å². The van der Waals surface area contributed by atoms with E-state index in [4.69, 9.17) is 0 Å². The van der Waals surface area contributed by atoms with Crippen LogP contribution >= 0.6 is 0 Å². The normalized spacial score (nSPS) is 21.4. The van der Waals surface area contributed by atoms with Crippen molar-refractivity contribution < 1.29 is 9.59 Å². The largest absolute Gasteiger partial charge is 0.342 e. The molecule has 1 N–H and O–H groups in total. The quantitative estimate of drug-likeness (QED) is 0.928. The molecule has 1 aromatic carbocycles. The van der Waals surface area contributed by atoms with Crippen molar-refractivity contribution in [3.8, 4) is 0 Å². The summed E-state index contributed by atoms with van der Waals surface area (Å²) in [4.78, 5) is 26.6. The third-order valence-corrected chi connectivity index (χ3v) is 4.13. The van der Waals surface area contributed by atoms with Crippen LogP contribution in [0.15, 0.2) is 18.2 Å². The maximum Gasteiger partial charge on any atom is 0.246 e. The summed E-state index contributed by atoms with van der Waals surface area (Å²) < 4.78 is 0. The molecule has 1 saturated heterocycles. The van der Waals surface area contributed by atoms with Gasteiger partial charge in [-0.1, -0.05) is 36.2 Å². The Hall–Kier alpha value is -1.84. The molecule has 2 rings (SSSR count). The number of benzene rings is 1. The molecule has 4 heteroatoms. The first-order valence-electron chi connectivity index (χ1n) is 7.45. The molecule has 1 heterocycles. The fourth-order valence-electron chi connectivity index (χ4n) is 2.88. The van der Waals surface area contributed by atoms with E-state index >= 15 is 0 Å². The summed E-state index contributed by atoms with van der Waals surface area (Å²) in [6.07, 6.45) is 0.615. The highest BCUT2D eigenvalue weighted by molar-refractivity contribution is 5.99. The molecule has 0 saturated carbocycles. The van der Waals surface area contributed by atoms with Gasteiger partial charge in [-0.3, -0.25) is 9.59 Å². The summed E-state index contributed by atoms with van der Waals surface area (Å²) in [5.41, 5.74) is 2.59. The summed E-state index contributed by atoms with van der Waals surface area (Å²) >= 11 is 0. The van der Waals surface area contributed by atoms with Gasteiger partial charge in [0.05, 0.1) is 0 Å². The van der Waals surface area contributed by atoms with Gasteiger partial charge in [0.15, 0.2) is 0 Å². The zero-order chi connectivity index (χ0) is 15.8. The average molecular weight is 288 g/mol. The Morgan fingerprint density at radius 3 is 2.24 bits per heavy atom. The van der Waals surface area contributed by atoms with Crippen LogP contribution in [0.5, 0.6) is 0 Å². The van der Waals surface area contributed by atoms with E-state index < -0.39 is 11.6 Å². The lowest BCUT2D eigenvalue weighted by Crippen LogP contribution is -2.67. The van der Waals surface area contributed by atoms with Crippen molar-refractivity contribution >= 4 is 11.8 Å². The van der Waals surface area contributed by atoms with Gasteiger partial charge in [0, 0.05) is 6.54 Å². The maximum atomic E-state index is 12.6. The molecule has 0 aliphatic carbocycles. The second kappa shape index (κ2) is 5.51. The molecule has 0 aromatic heterocycles. The highest BCUT2D eigenvalue weighted by atomic mass is 16.2. The number of hydrogen-bond acceptors (Lipinski definition) is 2. The maximum absolute atomic E-state index is 12.6. The van der Waals surface area contributed by atoms with Gasteiger partial charge in [-0.05, 0) is 39.7 Å². The van der Waals surface area contributed by atoms with E-state index in [1.807, 2.05) is 20.8 Å². The third-order valence-electron chi connectivity index (χ3n) is 4.13. The SMILES string of the molecule is CCC1NC(=O)C(C)(C)N(Cc2cc(C)cc(C)c2)C1=O. The molecule has 0 radical (unpaired) electrons. The predicted octanol–water partition coefficient (Wildman–Crippen LogP) is 2.32. The van der Waals surface area contributed by atoms with Crippen molar-refractivity contribution in [2.45, 2.75) is 59.2 Å². The van der Waals surface area contributed by atoms with E-state index in [9.17, 15) is 9.59 Å². The molecular weight excluding hydrogens is 264 g/mol. The highest BCUT2D eigenvalue weighted by Crippen LogP contribution is 2.25. The van der Waals surface area contributed by atoms with Gasteiger partial charge in [0.2, 0.25) is 11.8 Å². The van der Waals surface area contributed by atoms with Crippen molar-refractivity contribution in [1.82, 2.24) is 10.2 Å². The Morgan fingerprint density at radius 1 is 1.14 bits per heavy atom. The number of amides is 2. The number of nitrogens with one attached hydrogen (secondary N) is 1. The van der Waals surface area contributed by atoms with Crippen LogP contribution in [0.2, 0.25) is 0 Å². The molecule has 1 fully saturated rings. The molecule has 1 atom stereocenters. The Balaban J connectivity index is 2.34. The van der Waals surface area contributed by atoms with Gasteiger partial charge in [-0.2, -0.15) is 0 Å². The van der Waals surface area contributed by atoms with Crippen molar-refractivity contribution in [1.29, 1.82) is 0 Å². The number of piperazine rings is 1. The summed E-state index contributed by atoms with van der Waals surface area (Å²) in [6, 6.07) is 5.85. The van der Waals surface area contributed by atoms with Crippen LogP contribution in [0.3, 0.4) is 0 Å². The number of aryl methyl sites for hydroxylation is 2. The second-order valence-corrected chi connectivity index (χ2v) is 6.41. The Bertz CT molecular complexity index is 558. The topological polar surface area (TPSA) is 49.4 Å². The van der Waals surface area contributed by atoms with Crippen LogP contribution in [-0.4, -0.2) is 28.3 Å². The molecule has 21 heavy (non-hydrogen) atoms. The lowest BCUT2D eigenvalue weighted by molar-refractivity contribution is -0.156. The first-order valence-corrected chi connectivity index (χ1v) is 7.45. The van der Waals surface area contributed by atoms with Crippen LogP contribution in [0.4, 0.5) is 0 Å². The zero-order valence-corrected chi connectivity index (χ0v) is 13.5. The summed E-state index contributed by atoms with van der Waals surface area (Å²) in [7, 11) is 0. The average Bonchev–Trinajstić information content (AvgIpc) is 2.38. The molecular formula is C17H24N2O2. The number of hydrogen-bond donors (Lipinski definition) is 1. The highest BCUT2D eigenvalue weighted by Gasteiger charge is 2.45. The van der Waals surface area contributed by atoms with Gasteiger partial charge < -0.3 is 10.2 Å². The molecule has 0 bridgehead atoms. The van der Waals surface area contributed by atoms with Gasteiger partial charge in [0.1, 0.15) is 11.6 Å². The Labute approximate surface area is 126 Å². The minimum absolute atomic E-state index is 0.00117. The number of carbonyl (C=O) groups is 2.